The molecule has 0 aromatic heterocycles. The highest BCUT2D eigenvalue weighted by molar-refractivity contribution is 6.74. The second-order valence-electron chi connectivity index (χ2n) is 7.06. The number of halogens is 1. The highest BCUT2D eigenvalue weighted by Crippen LogP contribution is 2.40. The van der Waals surface area contributed by atoms with E-state index in [2.05, 4.69) is 40.4 Å². The largest absolute Gasteiger partial charge is 0.413 e. The van der Waals surface area contributed by atoms with Crippen molar-refractivity contribution in [3.63, 3.8) is 0 Å². The number of carbonyl (C=O) groups is 1. The molecule has 0 saturated heterocycles. The van der Waals surface area contributed by atoms with E-state index in [9.17, 15) is 9.18 Å². The van der Waals surface area contributed by atoms with Gasteiger partial charge in [-0.1, -0.05) is 33.4 Å². The lowest BCUT2D eigenvalue weighted by Crippen LogP contribution is -2.45. The third-order valence-corrected chi connectivity index (χ3v) is 8.97. The molecule has 2 atom stereocenters. The third-order valence-electron chi connectivity index (χ3n) is 4.44. The summed E-state index contributed by atoms with van der Waals surface area (Å²) in [7, 11) is -1.90. The summed E-state index contributed by atoms with van der Waals surface area (Å²) in [5.74, 6) is 0. The lowest BCUT2D eigenvalue weighted by atomic mass is 9.86. The molecule has 1 aliphatic carbocycles. The van der Waals surface area contributed by atoms with Crippen molar-refractivity contribution in [1.29, 1.82) is 0 Å². The van der Waals surface area contributed by atoms with Crippen LogP contribution in [0.4, 0.5) is 4.39 Å². The van der Waals surface area contributed by atoms with Crippen molar-refractivity contribution in [3.8, 4) is 0 Å². The van der Waals surface area contributed by atoms with Gasteiger partial charge in [0.2, 0.25) is 0 Å². The van der Waals surface area contributed by atoms with Gasteiger partial charge in [-0.25, -0.2) is 4.39 Å². The molecule has 1 unspecified atom stereocenters. The topological polar surface area (TPSA) is 26.3 Å². The average molecular weight is 298 g/mol. The zero-order chi connectivity index (χ0) is 15.6. The third kappa shape index (κ3) is 4.12. The van der Waals surface area contributed by atoms with E-state index in [0.29, 0.717) is 24.8 Å². The predicted octanol–water partition coefficient (Wildman–Crippen LogP) is 4.58. The van der Waals surface area contributed by atoms with Gasteiger partial charge in [-0.05, 0) is 35.7 Å². The van der Waals surface area contributed by atoms with Gasteiger partial charge in [-0.3, -0.25) is 0 Å². The molecule has 0 spiro atoms. The van der Waals surface area contributed by atoms with E-state index in [1.165, 1.54) is 0 Å². The summed E-state index contributed by atoms with van der Waals surface area (Å²) in [6.07, 6.45) is 2.80. The van der Waals surface area contributed by atoms with Gasteiger partial charge in [-0.15, -0.1) is 0 Å². The molecule has 4 heteroatoms. The van der Waals surface area contributed by atoms with Crippen LogP contribution in [0, 0.1) is 0 Å². The zero-order valence-corrected chi connectivity index (χ0v) is 14.3. The smallest absolute Gasteiger partial charge is 0.192 e. The molecule has 0 amide bonds. The average Bonchev–Trinajstić information content (AvgIpc) is 2.30. The second-order valence-corrected chi connectivity index (χ2v) is 11.8. The van der Waals surface area contributed by atoms with Gasteiger partial charge in [0.25, 0.3) is 0 Å². The summed E-state index contributed by atoms with van der Waals surface area (Å²) < 4.78 is 20.4. The maximum Gasteiger partial charge on any atom is 0.192 e. The Morgan fingerprint density at radius 1 is 1.45 bits per heavy atom. The van der Waals surface area contributed by atoms with Crippen molar-refractivity contribution < 1.29 is 13.6 Å². The molecule has 0 bridgehead atoms. The summed E-state index contributed by atoms with van der Waals surface area (Å²) in [4.78, 5) is 10.5. The molecule has 20 heavy (non-hydrogen) atoms. The van der Waals surface area contributed by atoms with Crippen LogP contribution < -0.4 is 0 Å². The molecular formula is C16H27FO2Si. The molecule has 2 nitrogen and oxygen atoms in total. The molecule has 1 saturated carbocycles. The predicted molar refractivity (Wildman–Crippen MR) is 84.1 cm³/mol. The fourth-order valence-corrected chi connectivity index (χ4v) is 3.49. The van der Waals surface area contributed by atoms with Crippen molar-refractivity contribution in [2.75, 3.05) is 0 Å². The highest BCUT2D eigenvalue weighted by Gasteiger charge is 2.41. The Hall–Kier alpha value is -0.743. The summed E-state index contributed by atoms with van der Waals surface area (Å²) in [5.41, 5.74) is 1.36. The van der Waals surface area contributed by atoms with Gasteiger partial charge >= 0.3 is 0 Å². The molecular weight excluding hydrogens is 271 g/mol. The van der Waals surface area contributed by atoms with Gasteiger partial charge in [-0.2, -0.15) is 0 Å². The number of aldehydes is 1. The summed E-state index contributed by atoms with van der Waals surface area (Å²) in [6, 6.07) is 0. The van der Waals surface area contributed by atoms with Crippen LogP contribution in [0.3, 0.4) is 0 Å². The van der Waals surface area contributed by atoms with Crippen molar-refractivity contribution in [1.82, 2.24) is 0 Å². The van der Waals surface area contributed by atoms with Crippen LogP contribution in [-0.2, 0) is 9.22 Å². The van der Waals surface area contributed by atoms with E-state index in [-0.39, 0.29) is 11.1 Å². The SMILES string of the molecule is C=C1/C(=C\CC=O)CC(O[Si](C)(C)C(C)(C)C)C[C@@H]1F. The summed E-state index contributed by atoms with van der Waals surface area (Å²) in [6.45, 7) is 14.7. The van der Waals surface area contributed by atoms with Crippen molar-refractivity contribution >= 4 is 14.6 Å². The van der Waals surface area contributed by atoms with Crippen molar-refractivity contribution in [3.05, 3.63) is 23.8 Å². The maximum absolute atomic E-state index is 14.1. The molecule has 0 radical (unpaired) electrons. The van der Waals surface area contributed by atoms with Gasteiger partial charge in [0.05, 0.1) is 6.10 Å². The van der Waals surface area contributed by atoms with Crippen LogP contribution in [-0.4, -0.2) is 26.9 Å². The van der Waals surface area contributed by atoms with Crippen LogP contribution in [0.25, 0.3) is 0 Å². The van der Waals surface area contributed by atoms with Crippen LogP contribution in [0.1, 0.15) is 40.0 Å². The van der Waals surface area contributed by atoms with E-state index in [1.54, 1.807) is 6.08 Å². The van der Waals surface area contributed by atoms with E-state index in [1.807, 2.05) is 0 Å². The fraction of sp³-hybridized carbons (Fsp3) is 0.688. The highest BCUT2D eigenvalue weighted by atomic mass is 28.4. The van der Waals surface area contributed by atoms with E-state index < -0.39 is 14.5 Å². The lowest BCUT2D eigenvalue weighted by Gasteiger charge is -2.41. The van der Waals surface area contributed by atoms with Gasteiger partial charge in [0, 0.05) is 12.8 Å². The Morgan fingerprint density at radius 2 is 2.05 bits per heavy atom. The van der Waals surface area contributed by atoms with Crippen molar-refractivity contribution in [2.45, 2.75) is 70.4 Å². The molecule has 0 aromatic rings. The second kappa shape index (κ2) is 6.35. The Labute approximate surface area is 123 Å². The lowest BCUT2D eigenvalue weighted by molar-refractivity contribution is -0.107. The fourth-order valence-electron chi connectivity index (χ4n) is 2.12. The summed E-state index contributed by atoms with van der Waals surface area (Å²) in [5, 5.41) is 0.111. The molecule has 114 valence electrons. The molecule has 1 aliphatic rings. The standard InChI is InChI=1S/C16H27FO2Si/c1-12-13(8-7-9-18)10-14(11-15(12)17)19-20(5,6)16(2,3)4/h8-9,14-15H,1,7,10-11H2,2-6H3/b13-8-/t14?,15-/m0/s1. The molecule has 0 aliphatic heterocycles. The van der Waals surface area contributed by atoms with Crippen LogP contribution in [0.2, 0.25) is 18.1 Å². The zero-order valence-electron chi connectivity index (χ0n) is 13.3. The first kappa shape index (κ1) is 17.3. The minimum absolute atomic E-state index is 0.103. The quantitative estimate of drug-likeness (QED) is 0.561. The van der Waals surface area contributed by atoms with Gasteiger partial charge < -0.3 is 9.22 Å². The number of allylic oxidation sites excluding steroid dienone is 2. The van der Waals surface area contributed by atoms with Crippen molar-refractivity contribution in [2.24, 2.45) is 0 Å². The Bertz CT molecular complexity index is 407. The van der Waals surface area contributed by atoms with E-state index >= 15 is 0 Å². The minimum atomic E-state index is -1.90. The van der Waals surface area contributed by atoms with E-state index in [4.69, 9.17) is 4.43 Å². The maximum atomic E-state index is 14.1. The summed E-state index contributed by atoms with van der Waals surface area (Å²) >= 11 is 0. The normalized spacial score (nSPS) is 26.9. The Morgan fingerprint density at radius 3 is 2.55 bits per heavy atom. The molecule has 0 heterocycles. The first-order chi connectivity index (χ1) is 9.08. The minimum Gasteiger partial charge on any atom is -0.413 e. The number of hydrogen-bond acceptors (Lipinski definition) is 2. The first-order valence-electron chi connectivity index (χ1n) is 7.22. The van der Waals surface area contributed by atoms with Crippen LogP contribution in [0.15, 0.2) is 23.8 Å². The monoisotopic (exact) mass is 298 g/mol. The Balaban J connectivity index is 2.83. The number of hydrogen-bond donors (Lipinski definition) is 0. The molecule has 1 rings (SSSR count). The number of rotatable bonds is 4. The molecule has 0 aromatic carbocycles. The van der Waals surface area contributed by atoms with Crippen LogP contribution in [0.5, 0.6) is 0 Å². The molecule has 0 N–H and O–H groups in total. The van der Waals surface area contributed by atoms with Gasteiger partial charge in [0.15, 0.2) is 8.32 Å². The number of alkyl halides is 1. The number of carbonyl (C=O) groups excluding carboxylic acids is 1. The van der Waals surface area contributed by atoms with Gasteiger partial charge in [0.1, 0.15) is 12.5 Å². The Kier molecular flexibility index (Phi) is 5.50. The van der Waals surface area contributed by atoms with Crippen LogP contribution >= 0.6 is 0 Å². The van der Waals surface area contributed by atoms with E-state index in [0.717, 1.165) is 11.9 Å². The molecule has 1 fully saturated rings. The first-order valence-corrected chi connectivity index (χ1v) is 10.1.